The Bertz CT molecular complexity index is 423. The average Bonchev–Trinajstić information content (AvgIpc) is 2.39. The van der Waals surface area contributed by atoms with Crippen LogP contribution in [0.25, 0.3) is 0 Å². The molecule has 1 rings (SSSR count). The molecule has 0 aromatic heterocycles. The molecule has 0 aliphatic carbocycles. The number of hydrogen-bond donors (Lipinski definition) is 2. The Morgan fingerprint density at radius 1 is 1.47 bits per heavy atom. The zero-order chi connectivity index (χ0) is 14.3. The summed E-state index contributed by atoms with van der Waals surface area (Å²) in [6.07, 6.45) is 0.820. The molecule has 0 heterocycles. The molecule has 0 saturated carbocycles. The topological polar surface area (TPSA) is 52.6 Å². The van der Waals surface area contributed by atoms with E-state index in [0.717, 1.165) is 6.42 Å². The first kappa shape index (κ1) is 15.9. The third-order valence-electron chi connectivity index (χ3n) is 2.58. The first-order chi connectivity index (χ1) is 9.08. The number of urea groups is 1. The van der Waals surface area contributed by atoms with E-state index in [2.05, 4.69) is 21.2 Å². The van der Waals surface area contributed by atoms with Crippen molar-refractivity contribution in [1.29, 1.82) is 0 Å². The predicted octanol–water partition coefficient (Wildman–Crippen LogP) is 2.50. The maximum atomic E-state index is 13.3. The summed E-state index contributed by atoms with van der Waals surface area (Å²) in [7, 11) is 0. The van der Waals surface area contributed by atoms with E-state index in [-0.39, 0.29) is 25.0 Å². The highest BCUT2D eigenvalue weighted by atomic mass is 79.9. The van der Waals surface area contributed by atoms with Crippen LogP contribution in [0, 0.1) is 5.82 Å². The molecule has 0 aliphatic heterocycles. The van der Waals surface area contributed by atoms with Gasteiger partial charge in [0, 0.05) is 19.6 Å². The van der Waals surface area contributed by atoms with E-state index in [1.807, 2.05) is 6.92 Å². The van der Waals surface area contributed by atoms with Gasteiger partial charge in [0.1, 0.15) is 5.82 Å². The molecule has 0 fully saturated rings. The highest BCUT2D eigenvalue weighted by Crippen LogP contribution is 2.16. The fourth-order valence-electron chi connectivity index (χ4n) is 1.64. The van der Waals surface area contributed by atoms with Crippen LogP contribution in [-0.2, 0) is 6.54 Å². The summed E-state index contributed by atoms with van der Waals surface area (Å²) in [6.45, 7) is 3.03. The van der Waals surface area contributed by atoms with Crippen molar-refractivity contribution in [3.8, 4) is 0 Å². The molecule has 1 aromatic carbocycles. The van der Waals surface area contributed by atoms with Crippen LogP contribution >= 0.6 is 15.9 Å². The maximum absolute atomic E-state index is 13.3. The predicted molar refractivity (Wildman–Crippen MR) is 75.3 cm³/mol. The number of aliphatic hydroxyl groups excluding tert-OH is 1. The van der Waals surface area contributed by atoms with Crippen molar-refractivity contribution < 1.29 is 14.3 Å². The Morgan fingerprint density at radius 3 is 2.79 bits per heavy atom. The number of hydrogen-bond acceptors (Lipinski definition) is 2. The van der Waals surface area contributed by atoms with Crippen LogP contribution in [0.4, 0.5) is 9.18 Å². The largest absolute Gasteiger partial charge is 0.395 e. The molecule has 1 aromatic rings. The van der Waals surface area contributed by atoms with Crippen molar-refractivity contribution in [2.24, 2.45) is 0 Å². The number of rotatable bonds is 6. The molecule has 0 atom stereocenters. The molecule has 0 saturated heterocycles. The van der Waals surface area contributed by atoms with Gasteiger partial charge in [-0.25, -0.2) is 9.18 Å². The Morgan fingerprint density at radius 2 is 2.21 bits per heavy atom. The summed E-state index contributed by atoms with van der Waals surface area (Å²) < 4.78 is 13.7. The monoisotopic (exact) mass is 332 g/mol. The molecule has 6 heteroatoms. The van der Waals surface area contributed by atoms with Crippen molar-refractivity contribution in [3.05, 3.63) is 34.1 Å². The number of benzene rings is 1. The highest BCUT2D eigenvalue weighted by Gasteiger charge is 2.11. The normalized spacial score (nSPS) is 10.3. The number of carbonyl (C=O) groups excluding carboxylic acids is 1. The Kier molecular flexibility index (Phi) is 6.80. The number of halogens is 2. The van der Waals surface area contributed by atoms with Crippen LogP contribution in [0.5, 0.6) is 0 Å². The number of nitrogens with zero attached hydrogens (tertiary/aromatic N) is 1. The lowest BCUT2D eigenvalue weighted by Gasteiger charge is -2.21. The molecule has 2 amide bonds. The van der Waals surface area contributed by atoms with Crippen LogP contribution < -0.4 is 5.32 Å². The molecule has 106 valence electrons. The van der Waals surface area contributed by atoms with Crippen molar-refractivity contribution in [2.45, 2.75) is 19.9 Å². The van der Waals surface area contributed by atoms with Crippen LogP contribution in [0.2, 0.25) is 0 Å². The van der Waals surface area contributed by atoms with Gasteiger partial charge in [-0.05, 0) is 40.0 Å². The van der Waals surface area contributed by atoms with E-state index in [1.54, 1.807) is 12.1 Å². The van der Waals surface area contributed by atoms with Gasteiger partial charge in [0.2, 0.25) is 0 Å². The summed E-state index contributed by atoms with van der Waals surface area (Å²) in [6, 6.07) is 4.47. The van der Waals surface area contributed by atoms with Gasteiger partial charge in [-0.1, -0.05) is 13.0 Å². The quantitative estimate of drug-likeness (QED) is 0.840. The van der Waals surface area contributed by atoms with E-state index in [9.17, 15) is 9.18 Å². The summed E-state index contributed by atoms with van der Waals surface area (Å²) in [4.78, 5) is 13.4. The summed E-state index contributed by atoms with van der Waals surface area (Å²) in [5.74, 6) is -0.354. The molecule has 0 bridgehead atoms. The van der Waals surface area contributed by atoms with Gasteiger partial charge in [-0.3, -0.25) is 0 Å². The lowest BCUT2D eigenvalue weighted by atomic mass is 10.2. The molecule has 0 aliphatic rings. The molecular weight excluding hydrogens is 315 g/mol. The fourth-order valence-corrected chi connectivity index (χ4v) is 1.89. The molecule has 2 N–H and O–H groups in total. The summed E-state index contributed by atoms with van der Waals surface area (Å²) >= 11 is 3.08. The lowest BCUT2D eigenvalue weighted by molar-refractivity contribution is 0.177. The number of carbonyl (C=O) groups is 1. The minimum atomic E-state index is -0.354. The first-order valence-electron chi connectivity index (χ1n) is 6.16. The molecule has 0 spiro atoms. The number of nitrogens with one attached hydrogen (secondary N) is 1. The second-order valence-corrected chi connectivity index (χ2v) is 4.97. The molecule has 0 unspecified atom stereocenters. The third kappa shape index (κ3) is 5.16. The van der Waals surface area contributed by atoms with E-state index in [4.69, 9.17) is 5.11 Å². The van der Waals surface area contributed by atoms with E-state index < -0.39 is 0 Å². The second kappa shape index (κ2) is 8.12. The van der Waals surface area contributed by atoms with E-state index >= 15 is 0 Å². The van der Waals surface area contributed by atoms with Crippen LogP contribution in [0.3, 0.4) is 0 Å². The summed E-state index contributed by atoms with van der Waals surface area (Å²) in [5, 5.41) is 11.6. The molecule has 4 nitrogen and oxygen atoms in total. The van der Waals surface area contributed by atoms with Gasteiger partial charge in [-0.2, -0.15) is 0 Å². The Hall–Kier alpha value is -1.14. The Balaban J connectivity index is 2.54. The number of amides is 2. The average molecular weight is 333 g/mol. The van der Waals surface area contributed by atoms with Crippen molar-refractivity contribution >= 4 is 22.0 Å². The van der Waals surface area contributed by atoms with Crippen molar-refractivity contribution in [2.75, 3.05) is 19.7 Å². The first-order valence-corrected chi connectivity index (χ1v) is 6.95. The summed E-state index contributed by atoms with van der Waals surface area (Å²) in [5.41, 5.74) is 0.689. The van der Waals surface area contributed by atoms with E-state index in [0.29, 0.717) is 23.1 Å². The van der Waals surface area contributed by atoms with Gasteiger partial charge in [0.15, 0.2) is 0 Å². The molecule has 19 heavy (non-hydrogen) atoms. The van der Waals surface area contributed by atoms with Crippen molar-refractivity contribution in [3.63, 3.8) is 0 Å². The van der Waals surface area contributed by atoms with Gasteiger partial charge < -0.3 is 15.3 Å². The van der Waals surface area contributed by atoms with Crippen LogP contribution in [-0.4, -0.2) is 35.7 Å². The fraction of sp³-hybridized carbons (Fsp3) is 0.462. The Labute approximate surface area is 120 Å². The van der Waals surface area contributed by atoms with Crippen LogP contribution in [0.1, 0.15) is 18.9 Å². The van der Waals surface area contributed by atoms with Crippen molar-refractivity contribution in [1.82, 2.24) is 10.2 Å². The minimum absolute atomic E-state index is 0.0691. The standard InChI is InChI=1S/C13H18BrFN2O2/c1-2-5-17(6-7-18)13(19)16-9-10-3-4-11(14)12(15)8-10/h3-4,8,18H,2,5-7,9H2,1H3,(H,16,19). The van der Waals surface area contributed by atoms with Gasteiger partial charge >= 0.3 is 6.03 Å². The molecular formula is C13H18BrFN2O2. The maximum Gasteiger partial charge on any atom is 0.317 e. The minimum Gasteiger partial charge on any atom is -0.395 e. The van der Waals surface area contributed by atoms with Gasteiger partial charge in [-0.15, -0.1) is 0 Å². The van der Waals surface area contributed by atoms with E-state index in [1.165, 1.54) is 11.0 Å². The molecule has 0 radical (unpaired) electrons. The highest BCUT2D eigenvalue weighted by molar-refractivity contribution is 9.10. The van der Waals surface area contributed by atoms with Gasteiger partial charge in [0.25, 0.3) is 0 Å². The second-order valence-electron chi connectivity index (χ2n) is 4.12. The van der Waals surface area contributed by atoms with Crippen LogP contribution in [0.15, 0.2) is 22.7 Å². The smallest absolute Gasteiger partial charge is 0.317 e. The number of aliphatic hydroxyl groups is 1. The van der Waals surface area contributed by atoms with Gasteiger partial charge in [0.05, 0.1) is 11.1 Å². The third-order valence-corrected chi connectivity index (χ3v) is 3.22. The lowest BCUT2D eigenvalue weighted by Crippen LogP contribution is -2.41. The SMILES string of the molecule is CCCN(CCO)C(=O)NCc1ccc(Br)c(F)c1. The zero-order valence-corrected chi connectivity index (χ0v) is 12.4. The zero-order valence-electron chi connectivity index (χ0n) is 10.8.